The molecule has 0 saturated carbocycles. The third-order valence-corrected chi connectivity index (χ3v) is 3.79. The van der Waals surface area contributed by atoms with Crippen LogP contribution in [0.3, 0.4) is 0 Å². The molecule has 6 nitrogen and oxygen atoms in total. The van der Waals surface area contributed by atoms with Gasteiger partial charge in [-0.2, -0.15) is 0 Å². The number of hydrogen-bond acceptors (Lipinski definition) is 5. The SMILES string of the molecule is COc1ccc(OC[C@@H](C)NC(=S)Nc2ccc3c(c2)OCO3)cc1. The van der Waals surface area contributed by atoms with E-state index in [1.165, 1.54) is 0 Å². The highest BCUT2D eigenvalue weighted by molar-refractivity contribution is 7.80. The van der Waals surface area contributed by atoms with Crippen molar-refractivity contribution in [1.29, 1.82) is 0 Å². The summed E-state index contributed by atoms with van der Waals surface area (Å²) < 4.78 is 21.5. The van der Waals surface area contributed by atoms with Gasteiger partial charge in [0.25, 0.3) is 0 Å². The lowest BCUT2D eigenvalue weighted by molar-refractivity contribution is 0.174. The second kappa shape index (κ2) is 7.94. The molecule has 2 aromatic carbocycles. The first kappa shape index (κ1) is 17.2. The summed E-state index contributed by atoms with van der Waals surface area (Å²) in [5.74, 6) is 3.03. The van der Waals surface area contributed by atoms with Crippen LogP contribution in [0.15, 0.2) is 42.5 Å². The molecule has 132 valence electrons. The zero-order valence-electron chi connectivity index (χ0n) is 14.1. The van der Waals surface area contributed by atoms with Gasteiger partial charge in [-0.05, 0) is 55.5 Å². The topological polar surface area (TPSA) is 61.0 Å². The molecule has 0 amide bonds. The molecule has 0 unspecified atom stereocenters. The fourth-order valence-corrected chi connectivity index (χ4v) is 2.62. The predicted molar refractivity (Wildman–Crippen MR) is 99.9 cm³/mol. The Balaban J connectivity index is 1.45. The minimum absolute atomic E-state index is 0.0381. The average molecular weight is 360 g/mol. The Bertz CT molecular complexity index is 736. The van der Waals surface area contributed by atoms with Crippen LogP contribution in [0.5, 0.6) is 23.0 Å². The van der Waals surface area contributed by atoms with Gasteiger partial charge in [0.1, 0.15) is 18.1 Å². The van der Waals surface area contributed by atoms with Gasteiger partial charge in [0.2, 0.25) is 6.79 Å². The maximum absolute atomic E-state index is 5.74. The molecule has 3 rings (SSSR count). The summed E-state index contributed by atoms with van der Waals surface area (Å²) in [5.41, 5.74) is 0.838. The Labute approximate surface area is 152 Å². The third-order valence-electron chi connectivity index (χ3n) is 3.57. The first-order valence-corrected chi connectivity index (χ1v) is 8.29. The van der Waals surface area contributed by atoms with Crippen molar-refractivity contribution in [1.82, 2.24) is 5.32 Å². The Morgan fingerprint density at radius 2 is 1.84 bits per heavy atom. The molecule has 2 aromatic rings. The van der Waals surface area contributed by atoms with Crippen LogP contribution in [-0.4, -0.2) is 31.7 Å². The van der Waals surface area contributed by atoms with Gasteiger partial charge in [0, 0.05) is 11.8 Å². The van der Waals surface area contributed by atoms with E-state index in [9.17, 15) is 0 Å². The molecular formula is C18H20N2O4S. The van der Waals surface area contributed by atoms with Gasteiger partial charge in [0.15, 0.2) is 16.6 Å². The zero-order chi connectivity index (χ0) is 17.6. The monoisotopic (exact) mass is 360 g/mol. The normalized spacial score (nSPS) is 13.0. The van der Waals surface area contributed by atoms with Gasteiger partial charge in [-0.3, -0.25) is 0 Å². The van der Waals surface area contributed by atoms with Crippen molar-refractivity contribution in [3.63, 3.8) is 0 Å². The van der Waals surface area contributed by atoms with Gasteiger partial charge in [-0.15, -0.1) is 0 Å². The highest BCUT2D eigenvalue weighted by atomic mass is 32.1. The Kier molecular flexibility index (Phi) is 5.45. The minimum atomic E-state index is 0.0381. The quantitative estimate of drug-likeness (QED) is 0.767. The number of nitrogens with one attached hydrogen (secondary N) is 2. The molecule has 2 N–H and O–H groups in total. The minimum Gasteiger partial charge on any atom is -0.497 e. The van der Waals surface area contributed by atoms with Crippen molar-refractivity contribution in [2.45, 2.75) is 13.0 Å². The van der Waals surface area contributed by atoms with Crippen LogP contribution in [0.4, 0.5) is 5.69 Å². The van der Waals surface area contributed by atoms with Gasteiger partial charge in [0.05, 0.1) is 13.2 Å². The number of rotatable bonds is 6. The Hall–Kier alpha value is -2.67. The molecule has 1 aliphatic rings. The molecule has 25 heavy (non-hydrogen) atoms. The molecule has 1 aliphatic heterocycles. The molecule has 0 radical (unpaired) electrons. The molecule has 1 atom stereocenters. The fraction of sp³-hybridized carbons (Fsp3) is 0.278. The summed E-state index contributed by atoms with van der Waals surface area (Å²) in [6.45, 7) is 2.73. The molecular weight excluding hydrogens is 340 g/mol. The maximum Gasteiger partial charge on any atom is 0.231 e. The molecule has 0 bridgehead atoms. The highest BCUT2D eigenvalue weighted by Gasteiger charge is 2.14. The summed E-state index contributed by atoms with van der Waals surface area (Å²) in [6, 6.07) is 13.1. The number of hydrogen-bond donors (Lipinski definition) is 2. The van der Waals surface area contributed by atoms with Crippen LogP contribution in [0.25, 0.3) is 0 Å². The van der Waals surface area contributed by atoms with Gasteiger partial charge < -0.3 is 29.6 Å². The van der Waals surface area contributed by atoms with Crippen molar-refractivity contribution in [2.24, 2.45) is 0 Å². The van der Waals surface area contributed by atoms with Crippen LogP contribution in [0, 0.1) is 0 Å². The molecule has 0 spiro atoms. The van der Waals surface area contributed by atoms with Crippen molar-refractivity contribution < 1.29 is 18.9 Å². The van der Waals surface area contributed by atoms with E-state index in [1.54, 1.807) is 7.11 Å². The summed E-state index contributed by atoms with van der Waals surface area (Å²) in [4.78, 5) is 0. The average Bonchev–Trinajstić information content (AvgIpc) is 3.08. The van der Waals surface area contributed by atoms with E-state index in [2.05, 4.69) is 10.6 Å². The summed E-state index contributed by atoms with van der Waals surface area (Å²) in [6.07, 6.45) is 0. The number of anilines is 1. The van der Waals surface area contributed by atoms with Crippen molar-refractivity contribution >= 4 is 23.0 Å². The van der Waals surface area contributed by atoms with Gasteiger partial charge >= 0.3 is 0 Å². The Morgan fingerprint density at radius 3 is 2.60 bits per heavy atom. The van der Waals surface area contributed by atoms with Crippen LogP contribution in [0.2, 0.25) is 0 Å². The number of ether oxygens (including phenoxy) is 4. The number of thiocarbonyl (C=S) groups is 1. The van der Waals surface area contributed by atoms with E-state index >= 15 is 0 Å². The van der Waals surface area contributed by atoms with Crippen LogP contribution in [0.1, 0.15) is 6.92 Å². The van der Waals surface area contributed by atoms with E-state index < -0.39 is 0 Å². The van der Waals surface area contributed by atoms with E-state index in [1.807, 2.05) is 49.4 Å². The second-order valence-electron chi connectivity index (χ2n) is 5.55. The predicted octanol–water partition coefficient (Wildman–Crippen LogP) is 3.18. The summed E-state index contributed by atoms with van der Waals surface area (Å²) >= 11 is 5.34. The standard InChI is InChI=1S/C18H20N2O4S/c1-12(10-22-15-6-4-14(21-2)5-7-15)19-18(25)20-13-3-8-16-17(9-13)24-11-23-16/h3-9,12H,10-11H2,1-2H3,(H2,19,20,25)/t12-/m1/s1. The first-order chi connectivity index (χ1) is 12.1. The number of methoxy groups -OCH3 is 1. The van der Waals surface area contributed by atoms with Crippen molar-refractivity contribution in [2.75, 3.05) is 25.8 Å². The lowest BCUT2D eigenvalue weighted by Crippen LogP contribution is -2.39. The summed E-state index contributed by atoms with van der Waals surface area (Å²) in [5, 5.41) is 6.83. The molecule has 0 saturated heterocycles. The van der Waals surface area contributed by atoms with E-state index in [4.69, 9.17) is 31.2 Å². The molecule has 0 aromatic heterocycles. The lowest BCUT2D eigenvalue weighted by Gasteiger charge is -2.18. The van der Waals surface area contributed by atoms with Crippen molar-refractivity contribution in [3.8, 4) is 23.0 Å². The second-order valence-corrected chi connectivity index (χ2v) is 5.96. The van der Waals surface area contributed by atoms with Gasteiger partial charge in [-0.1, -0.05) is 0 Å². The van der Waals surface area contributed by atoms with E-state index in [0.717, 1.165) is 22.9 Å². The third kappa shape index (κ3) is 4.67. The van der Waals surface area contributed by atoms with Gasteiger partial charge in [-0.25, -0.2) is 0 Å². The smallest absolute Gasteiger partial charge is 0.231 e. The van der Waals surface area contributed by atoms with E-state index in [0.29, 0.717) is 17.5 Å². The first-order valence-electron chi connectivity index (χ1n) is 7.88. The maximum atomic E-state index is 5.74. The number of fused-ring (bicyclic) bond motifs is 1. The lowest BCUT2D eigenvalue weighted by atomic mass is 10.3. The zero-order valence-corrected chi connectivity index (χ0v) is 14.9. The Morgan fingerprint density at radius 1 is 1.12 bits per heavy atom. The summed E-state index contributed by atoms with van der Waals surface area (Å²) in [7, 11) is 1.63. The fourth-order valence-electron chi connectivity index (χ4n) is 2.30. The van der Waals surface area contributed by atoms with Crippen LogP contribution >= 0.6 is 12.2 Å². The van der Waals surface area contributed by atoms with Crippen LogP contribution < -0.4 is 29.6 Å². The molecule has 0 aliphatic carbocycles. The highest BCUT2D eigenvalue weighted by Crippen LogP contribution is 2.34. The van der Waals surface area contributed by atoms with E-state index in [-0.39, 0.29) is 12.8 Å². The van der Waals surface area contributed by atoms with Crippen molar-refractivity contribution in [3.05, 3.63) is 42.5 Å². The molecule has 7 heteroatoms. The largest absolute Gasteiger partial charge is 0.497 e. The number of benzene rings is 2. The molecule has 0 fully saturated rings. The van der Waals surface area contributed by atoms with Crippen LogP contribution in [-0.2, 0) is 0 Å². The molecule has 1 heterocycles.